The molecule has 0 aromatic heterocycles. The Bertz CT molecular complexity index is 1590. The van der Waals surface area contributed by atoms with Crippen LogP contribution in [0, 0.1) is 0 Å². The maximum atomic E-state index is 12.9. The number of hydrogen-bond acceptors (Lipinski definition) is 6. The second-order valence-electron chi connectivity index (χ2n) is 20.6. The van der Waals surface area contributed by atoms with Crippen molar-refractivity contribution < 1.29 is 28.6 Å². The zero-order chi connectivity index (χ0) is 55.0. The van der Waals surface area contributed by atoms with Gasteiger partial charge in [-0.05, 0) is 109 Å². The molecule has 1 unspecified atom stereocenters. The Hall–Kier alpha value is -4.19. The van der Waals surface area contributed by atoms with Crippen LogP contribution in [0.3, 0.4) is 0 Å². The van der Waals surface area contributed by atoms with Gasteiger partial charge in [-0.2, -0.15) is 0 Å². The van der Waals surface area contributed by atoms with E-state index in [0.29, 0.717) is 19.3 Å². The first-order chi connectivity index (χ1) is 37.5. The molecule has 0 heterocycles. The monoisotopic (exact) mass is 1050 g/mol. The SMILES string of the molecule is CC/C=C\C/C=C\C/C=C\C/C=C\C/C=C\C/C=C\CCCCCCC(=O)OCC(COC(=O)CCCCCC/C=C\C/C=C\C/C=C\C/C=C\CC)OC(=O)CCCCCCCCCCCCCCCCCCCC. The van der Waals surface area contributed by atoms with Gasteiger partial charge in [-0.3, -0.25) is 14.4 Å². The Balaban J connectivity index is 4.47. The van der Waals surface area contributed by atoms with Crippen LogP contribution in [0.2, 0.25) is 0 Å². The number of esters is 3. The van der Waals surface area contributed by atoms with E-state index in [1.807, 2.05) is 0 Å². The van der Waals surface area contributed by atoms with Crippen LogP contribution < -0.4 is 0 Å². The Labute approximate surface area is 469 Å². The molecule has 76 heavy (non-hydrogen) atoms. The van der Waals surface area contributed by atoms with Gasteiger partial charge in [0.1, 0.15) is 13.2 Å². The van der Waals surface area contributed by atoms with Gasteiger partial charge in [-0.1, -0.05) is 277 Å². The van der Waals surface area contributed by atoms with Crippen LogP contribution >= 0.6 is 0 Å². The van der Waals surface area contributed by atoms with Crippen LogP contribution in [0.5, 0.6) is 0 Å². The number of allylic oxidation sites excluding steroid dienone is 20. The standard InChI is InChI=1S/C70H116O6/c1-4-7-10-13-16-19-22-25-28-31-33-34-35-36-37-40-42-45-48-51-54-57-60-63-69(72)75-66-67(65-74-68(71)62-59-56-53-50-47-44-41-38-30-27-24-21-18-15-12-9-6-3)76-70(73)64-61-58-55-52-49-46-43-39-32-29-26-23-20-17-14-11-8-5-2/h7,9-10,12,16,18-19,21,25,27-28,30,33-34,36-37,41-42,44-45,67H,4-6,8,11,13-15,17,20,22-24,26,29,31-32,35,38-40,43,46-66H2,1-3H3/b10-7-,12-9-,19-16-,21-18-,28-25-,30-27-,34-33-,37-36-,44-41-,45-42-. The molecular weight excluding hydrogens is 937 g/mol. The van der Waals surface area contributed by atoms with Crippen molar-refractivity contribution >= 4 is 17.9 Å². The van der Waals surface area contributed by atoms with Gasteiger partial charge >= 0.3 is 17.9 Å². The van der Waals surface area contributed by atoms with E-state index in [2.05, 4.69) is 142 Å². The lowest BCUT2D eigenvalue weighted by molar-refractivity contribution is -0.167. The normalized spacial score (nSPS) is 12.9. The average Bonchev–Trinajstić information content (AvgIpc) is 3.42. The fraction of sp³-hybridized carbons (Fsp3) is 0.671. The van der Waals surface area contributed by atoms with Crippen LogP contribution in [0.15, 0.2) is 122 Å². The third-order valence-electron chi connectivity index (χ3n) is 13.2. The predicted molar refractivity (Wildman–Crippen MR) is 330 cm³/mol. The highest BCUT2D eigenvalue weighted by molar-refractivity contribution is 5.71. The molecule has 0 aromatic rings. The highest BCUT2D eigenvalue weighted by atomic mass is 16.6. The van der Waals surface area contributed by atoms with Crippen molar-refractivity contribution in [3.05, 3.63) is 122 Å². The first-order valence-electron chi connectivity index (χ1n) is 31.5. The predicted octanol–water partition coefficient (Wildman–Crippen LogP) is 21.6. The van der Waals surface area contributed by atoms with Crippen LogP contribution in [-0.4, -0.2) is 37.2 Å². The number of unbranched alkanes of at least 4 members (excludes halogenated alkanes) is 25. The average molecular weight is 1050 g/mol. The van der Waals surface area contributed by atoms with Gasteiger partial charge in [0.05, 0.1) is 0 Å². The maximum Gasteiger partial charge on any atom is 0.306 e. The molecule has 0 radical (unpaired) electrons. The van der Waals surface area contributed by atoms with Gasteiger partial charge in [-0.25, -0.2) is 0 Å². The zero-order valence-electron chi connectivity index (χ0n) is 49.5. The fourth-order valence-corrected chi connectivity index (χ4v) is 8.56. The summed E-state index contributed by atoms with van der Waals surface area (Å²) in [5.41, 5.74) is 0. The second kappa shape index (κ2) is 63.3. The largest absolute Gasteiger partial charge is 0.462 e. The lowest BCUT2D eigenvalue weighted by Crippen LogP contribution is -2.30. The molecule has 0 saturated heterocycles. The molecule has 6 heteroatoms. The van der Waals surface area contributed by atoms with Crippen molar-refractivity contribution in [2.75, 3.05) is 13.2 Å². The van der Waals surface area contributed by atoms with Gasteiger partial charge in [0, 0.05) is 19.3 Å². The minimum atomic E-state index is -0.802. The lowest BCUT2D eigenvalue weighted by Gasteiger charge is -2.18. The quantitative estimate of drug-likeness (QED) is 0.0261. The molecule has 0 bridgehead atoms. The molecule has 0 aliphatic heterocycles. The number of hydrogen-bond donors (Lipinski definition) is 0. The fourth-order valence-electron chi connectivity index (χ4n) is 8.56. The van der Waals surface area contributed by atoms with Crippen molar-refractivity contribution in [2.24, 2.45) is 0 Å². The van der Waals surface area contributed by atoms with Gasteiger partial charge in [0.2, 0.25) is 0 Å². The molecule has 0 rings (SSSR count). The van der Waals surface area contributed by atoms with Crippen molar-refractivity contribution in [1.82, 2.24) is 0 Å². The minimum absolute atomic E-state index is 0.0998. The minimum Gasteiger partial charge on any atom is -0.462 e. The number of ether oxygens (including phenoxy) is 3. The molecule has 0 aliphatic rings. The zero-order valence-corrected chi connectivity index (χ0v) is 49.5. The third kappa shape index (κ3) is 60.7. The van der Waals surface area contributed by atoms with Crippen LogP contribution in [0.25, 0.3) is 0 Å². The molecule has 0 fully saturated rings. The lowest BCUT2D eigenvalue weighted by atomic mass is 10.0. The van der Waals surface area contributed by atoms with Crippen molar-refractivity contribution in [3.63, 3.8) is 0 Å². The van der Waals surface area contributed by atoms with E-state index in [0.717, 1.165) is 148 Å². The Morgan fingerprint density at radius 2 is 0.513 bits per heavy atom. The molecular formula is C70H116O6. The van der Waals surface area contributed by atoms with Crippen LogP contribution in [0.4, 0.5) is 0 Å². The summed E-state index contributed by atoms with van der Waals surface area (Å²) in [4.78, 5) is 38.3. The number of carbonyl (C=O) groups excluding carboxylic acids is 3. The molecule has 0 saturated carbocycles. The molecule has 6 nitrogen and oxygen atoms in total. The summed E-state index contributed by atoms with van der Waals surface area (Å²) in [6, 6.07) is 0. The molecule has 0 aliphatic carbocycles. The van der Waals surface area contributed by atoms with Gasteiger partial charge in [0.25, 0.3) is 0 Å². The van der Waals surface area contributed by atoms with Gasteiger partial charge < -0.3 is 14.2 Å². The Kier molecular flexibility index (Phi) is 59.9. The summed E-state index contributed by atoms with van der Waals surface area (Å²) in [7, 11) is 0. The van der Waals surface area contributed by atoms with Crippen LogP contribution in [-0.2, 0) is 28.6 Å². The highest BCUT2D eigenvalue weighted by Gasteiger charge is 2.19. The van der Waals surface area contributed by atoms with E-state index in [-0.39, 0.29) is 31.1 Å². The molecule has 1 atom stereocenters. The summed E-state index contributed by atoms with van der Waals surface area (Å²) >= 11 is 0. The molecule has 0 spiro atoms. The Morgan fingerprint density at radius 1 is 0.276 bits per heavy atom. The smallest absolute Gasteiger partial charge is 0.306 e. The van der Waals surface area contributed by atoms with E-state index in [1.165, 1.54) is 96.3 Å². The van der Waals surface area contributed by atoms with Crippen LogP contribution in [0.1, 0.15) is 284 Å². The number of rotatable bonds is 56. The summed E-state index contributed by atoms with van der Waals surface area (Å²) < 4.78 is 16.9. The van der Waals surface area contributed by atoms with E-state index in [9.17, 15) is 14.4 Å². The maximum absolute atomic E-state index is 12.9. The highest BCUT2D eigenvalue weighted by Crippen LogP contribution is 2.16. The van der Waals surface area contributed by atoms with E-state index < -0.39 is 6.10 Å². The summed E-state index contributed by atoms with van der Waals surface area (Å²) in [5, 5.41) is 0. The molecule has 432 valence electrons. The Morgan fingerprint density at radius 3 is 0.803 bits per heavy atom. The summed E-state index contributed by atoms with van der Waals surface area (Å²) in [6.07, 6.45) is 87.7. The summed E-state index contributed by atoms with van der Waals surface area (Å²) in [5.74, 6) is -0.939. The summed E-state index contributed by atoms with van der Waals surface area (Å²) in [6.45, 7) is 6.39. The van der Waals surface area contributed by atoms with E-state index >= 15 is 0 Å². The number of carbonyl (C=O) groups is 3. The van der Waals surface area contributed by atoms with Crippen molar-refractivity contribution in [3.8, 4) is 0 Å². The molecule has 0 N–H and O–H groups in total. The van der Waals surface area contributed by atoms with E-state index in [4.69, 9.17) is 14.2 Å². The topological polar surface area (TPSA) is 78.9 Å². The molecule has 0 aromatic carbocycles. The molecule has 0 amide bonds. The van der Waals surface area contributed by atoms with Gasteiger partial charge in [0.15, 0.2) is 6.10 Å². The second-order valence-corrected chi connectivity index (χ2v) is 20.6. The third-order valence-corrected chi connectivity index (χ3v) is 13.2. The van der Waals surface area contributed by atoms with E-state index in [1.54, 1.807) is 0 Å². The van der Waals surface area contributed by atoms with Crippen molar-refractivity contribution in [1.29, 1.82) is 0 Å². The first kappa shape index (κ1) is 71.8. The van der Waals surface area contributed by atoms with Gasteiger partial charge in [-0.15, -0.1) is 0 Å². The van der Waals surface area contributed by atoms with Crippen molar-refractivity contribution in [2.45, 2.75) is 290 Å². The first-order valence-corrected chi connectivity index (χ1v) is 31.5.